The first-order valence-corrected chi connectivity index (χ1v) is 9.01. The molecule has 0 saturated heterocycles. The molecule has 6 nitrogen and oxygen atoms in total. The molecule has 0 aliphatic heterocycles. The van der Waals surface area contributed by atoms with Gasteiger partial charge in [0.2, 0.25) is 5.75 Å². The summed E-state index contributed by atoms with van der Waals surface area (Å²) in [4.78, 5) is 10.6. The molecule has 25 heavy (non-hydrogen) atoms. The first-order valence-electron chi connectivity index (χ1n) is 7.61. The summed E-state index contributed by atoms with van der Waals surface area (Å²) in [6.07, 6.45) is 1.53. The van der Waals surface area contributed by atoms with E-state index in [1.54, 1.807) is 18.2 Å². The largest absolute Gasteiger partial charge is 0.493 e. The van der Waals surface area contributed by atoms with Crippen LogP contribution in [0, 0.1) is 6.92 Å². The molecule has 0 heterocycles. The van der Waals surface area contributed by atoms with Gasteiger partial charge in [0.1, 0.15) is 11.2 Å². The second-order valence-corrected chi connectivity index (χ2v) is 6.93. The third kappa shape index (κ3) is 4.51. The molecule has 134 valence electrons. The van der Waals surface area contributed by atoms with Crippen LogP contribution in [0.4, 0.5) is 0 Å². The van der Waals surface area contributed by atoms with Crippen molar-refractivity contribution in [3.8, 4) is 17.2 Å². The van der Waals surface area contributed by atoms with Gasteiger partial charge in [-0.1, -0.05) is 17.7 Å². The fourth-order valence-electron chi connectivity index (χ4n) is 2.29. The van der Waals surface area contributed by atoms with Crippen molar-refractivity contribution in [3.63, 3.8) is 0 Å². The van der Waals surface area contributed by atoms with Crippen LogP contribution >= 0.6 is 0 Å². The van der Waals surface area contributed by atoms with Crippen LogP contribution in [0.1, 0.15) is 17.5 Å². The highest BCUT2D eigenvalue weighted by Gasteiger charge is 2.22. The molecule has 0 aliphatic rings. The van der Waals surface area contributed by atoms with Gasteiger partial charge in [0.05, 0.1) is 14.2 Å². The number of benzene rings is 2. The molecule has 7 heteroatoms. The van der Waals surface area contributed by atoms with E-state index in [1.165, 1.54) is 32.4 Å². The van der Waals surface area contributed by atoms with Gasteiger partial charge >= 0.3 is 10.1 Å². The van der Waals surface area contributed by atoms with Crippen LogP contribution < -0.4 is 13.7 Å². The van der Waals surface area contributed by atoms with E-state index >= 15 is 0 Å². The van der Waals surface area contributed by atoms with Gasteiger partial charge in [-0.2, -0.15) is 8.42 Å². The summed E-state index contributed by atoms with van der Waals surface area (Å²) in [5, 5.41) is 0. The van der Waals surface area contributed by atoms with Gasteiger partial charge in [-0.25, -0.2) is 0 Å². The molecule has 0 bridgehead atoms. The molecular formula is C18H20O6S. The molecule has 2 aromatic rings. The third-order valence-corrected chi connectivity index (χ3v) is 4.81. The first-order chi connectivity index (χ1) is 11.9. The molecule has 0 unspecified atom stereocenters. The Balaban J connectivity index is 2.45. The maximum absolute atomic E-state index is 12.5. The van der Waals surface area contributed by atoms with Crippen molar-refractivity contribution in [3.05, 3.63) is 47.5 Å². The zero-order chi connectivity index (χ0) is 18.4. The number of methoxy groups -OCH3 is 2. The van der Waals surface area contributed by atoms with E-state index in [0.29, 0.717) is 24.2 Å². The minimum absolute atomic E-state index is 0.0170. The molecule has 0 N–H and O–H groups in total. The molecule has 0 aromatic heterocycles. The third-order valence-electron chi connectivity index (χ3n) is 3.56. The van der Waals surface area contributed by atoms with Gasteiger partial charge in [-0.05, 0) is 43.2 Å². The van der Waals surface area contributed by atoms with Crippen LogP contribution in [0.25, 0.3) is 0 Å². The Kier molecular flexibility index (Phi) is 6.03. The zero-order valence-corrected chi connectivity index (χ0v) is 15.1. The average molecular weight is 364 g/mol. The van der Waals surface area contributed by atoms with Crippen LogP contribution in [-0.4, -0.2) is 28.9 Å². The number of ether oxygens (including phenoxy) is 2. The van der Waals surface area contributed by atoms with Crippen molar-refractivity contribution in [1.82, 2.24) is 0 Å². The van der Waals surface area contributed by atoms with E-state index in [-0.39, 0.29) is 16.4 Å². The topological polar surface area (TPSA) is 78.9 Å². The van der Waals surface area contributed by atoms with E-state index in [9.17, 15) is 13.2 Å². The molecule has 0 spiro atoms. The van der Waals surface area contributed by atoms with Crippen molar-refractivity contribution in [2.24, 2.45) is 0 Å². The highest BCUT2D eigenvalue weighted by atomic mass is 32.2. The second-order valence-electron chi connectivity index (χ2n) is 5.39. The Bertz CT molecular complexity index is 841. The summed E-state index contributed by atoms with van der Waals surface area (Å²) in [6, 6.07) is 9.56. The van der Waals surface area contributed by atoms with Gasteiger partial charge in [0, 0.05) is 6.42 Å². The van der Waals surface area contributed by atoms with Crippen LogP contribution in [0.2, 0.25) is 0 Å². The molecule has 0 saturated carbocycles. The predicted octanol–water partition coefficient (Wildman–Crippen LogP) is 2.91. The lowest BCUT2D eigenvalue weighted by atomic mass is 10.1. The molecule has 0 atom stereocenters. The lowest BCUT2D eigenvalue weighted by Gasteiger charge is -2.15. The van der Waals surface area contributed by atoms with Gasteiger partial charge in [-0.15, -0.1) is 0 Å². The fourth-order valence-corrected chi connectivity index (χ4v) is 3.21. The molecule has 0 amide bonds. The molecule has 0 radical (unpaired) electrons. The smallest absolute Gasteiger partial charge is 0.339 e. The Morgan fingerprint density at radius 2 is 1.64 bits per heavy atom. The number of carbonyl (C=O) groups is 1. The Labute approximate surface area is 147 Å². The normalized spacial score (nSPS) is 11.0. The molecule has 2 aromatic carbocycles. The van der Waals surface area contributed by atoms with Gasteiger partial charge < -0.3 is 18.5 Å². The highest BCUT2D eigenvalue weighted by Crippen LogP contribution is 2.40. The maximum atomic E-state index is 12.5. The number of hydrogen-bond acceptors (Lipinski definition) is 6. The van der Waals surface area contributed by atoms with E-state index < -0.39 is 10.1 Å². The number of rotatable bonds is 8. The summed E-state index contributed by atoms with van der Waals surface area (Å²) >= 11 is 0. The Morgan fingerprint density at radius 1 is 1.00 bits per heavy atom. The molecule has 2 rings (SSSR count). The number of aryl methyl sites for hydroxylation is 2. The maximum Gasteiger partial charge on any atom is 0.339 e. The molecule has 0 fully saturated rings. The average Bonchev–Trinajstić information content (AvgIpc) is 2.59. The minimum atomic E-state index is -4.03. The summed E-state index contributed by atoms with van der Waals surface area (Å²) < 4.78 is 40.8. The van der Waals surface area contributed by atoms with Crippen molar-refractivity contribution in [2.45, 2.75) is 24.7 Å². The lowest BCUT2D eigenvalue weighted by Crippen LogP contribution is -2.11. The van der Waals surface area contributed by atoms with E-state index in [4.69, 9.17) is 13.7 Å². The SMILES string of the molecule is COc1cc(CCC=O)cc(OS(=O)(=O)c2ccc(C)cc2)c1OC. The van der Waals surface area contributed by atoms with E-state index in [1.807, 2.05) is 6.92 Å². The highest BCUT2D eigenvalue weighted by molar-refractivity contribution is 7.87. The van der Waals surface area contributed by atoms with E-state index in [0.717, 1.165) is 11.8 Å². The van der Waals surface area contributed by atoms with Crippen molar-refractivity contribution < 1.29 is 26.9 Å². The monoisotopic (exact) mass is 364 g/mol. The summed E-state index contributed by atoms with van der Waals surface area (Å²) in [6.45, 7) is 1.86. The number of aldehydes is 1. The molecular weight excluding hydrogens is 344 g/mol. The molecule has 0 aliphatic carbocycles. The standard InChI is InChI=1S/C18H20O6S/c1-13-6-8-15(9-7-13)25(20,21)24-17-12-14(5-4-10-19)11-16(22-2)18(17)23-3/h6-12H,4-5H2,1-3H3. The summed E-state index contributed by atoms with van der Waals surface area (Å²) in [7, 11) is -1.19. The van der Waals surface area contributed by atoms with Crippen LogP contribution in [0.5, 0.6) is 17.2 Å². The minimum Gasteiger partial charge on any atom is -0.493 e. The zero-order valence-electron chi connectivity index (χ0n) is 14.3. The van der Waals surface area contributed by atoms with Gasteiger partial charge in [0.25, 0.3) is 0 Å². The summed E-state index contributed by atoms with van der Waals surface area (Å²) in [5.74, 6) is 0.524. The quantitative estimate of drug-likeness (QED) is 0.529. The van der Waals surface area contributed by atoms with Gasteiger partial charge in [-0.3, -0.25) is 0 Å². The van der Waals surface area contributed by atoms with Crippen LogP contribution in [0.3, 0.4) is 0 Å². The second kappa shape index (κ2) is 8.02. The Morgan fingerprint density at radius 3 is 2.20 bits per heavy atom. The predicted molar refractivity (Wildman–Crippen MR) is 92.9 cm³/mol. The van der Waals surface area contributed by atoms with Crippen LogP contribution in [-0.2, 0) is 21.3 Å². The first kappa shape index (κ1) is 18.8. The summed E-state index contributed by atoms with van der Waals surface area (Å²) in [5.41, 5.74) is 1.65. The fraction of sp³-hybridized carbons (Fsp3) is 0.278. The van der Waals surface area contributed by atoms with Crippen molar-refractivity contribution in [1.29, 1.82) is 0 Å². The van der Waals surface area contributed by atoms with Crippen molar-refractivity contribution in [2.75, 3.05) is 14.2 Å². The van der Waals surface area contributed by atoms with Gasteiger partial charge in [0.15, 0.2) is 11.5 Å². The van der Waals surface area contributed by atoms with E-state index in [2.05, 4.69) is 0 Å². The lowest BCUT2D eigenvalue weighted by molar-refractivity contribution is -0.107. The number of hydrogen-bond donors (Lipinski definition) is 0. The number of carbonyl (C=O) groups excluding carboxylic acids is 1. The van der Waals surface area contributed by atoms with Crippen LogP contribution in [0.15, 0.2) is 41.3 Å². The van der Waals surface area contributed by atoms with Crippen molar-refractivity contribution >= 4 is 16.4 Å². The Hall–Kier alpha value is -2.54.